The van der Waals surface area contributed by atoms with Crippen LogP contribution >= 0.6 is 34.5 Å². The second kappa shape index (κ2) is 4.77. The number of carbonyl (C=O) groups excluding carboxylic acids is 1. The van der Waals surface area contributed by atoms with Gasteiger partial charge in [-0.05, 0) is 25.1 Å². The highest BCUT2D eigenvalue weighted by molar-refractivity contribution is 7.17. The number of carbonyl (C=O) groups is 1. The minimum absolute atomic E-state index is 0.0244. The first-order chi connectivity index (χ1) is 7.99. The van der Waals surface area contributed by atoms with Crippen molar-refractivity contribution in [3.63, 3.8) is 0 Å². The van der Waals surface area contributed by atoms with Crippen molar-refractivity contribution in [3.05, 3.63) is 38.8 Å². The van der Waals surface area contributed by atoms with Crippen LogP contribution in [-0.2, 0) is 0 Å². The van der Waals surface area contributed by atoms with E-state index >= 15 is 0 Å². The molecule has 0 spiro atoms. The maximum atomic E-state index is 11.4. The number of aromatic nitrogens is 1. The van der Waals surface area contributed by atoms with E-state index < -0.39 is 0 Å². The summed E-state index contributed by atoms with van der Waals surface area (Å²) < 4.78 is 0. The molecule has 2 rings (SSSR count). The topological polar surface area (TPSA) is 30.0 Å². The van der Waals surface area contributed by atoms with Crippen molar-refractivity contribution in [1.29, 1.82) is 0 Å². The summed E-state index contributed by atoms with van der Waals surface area (Å²) in [5, 5.41) is 1.87. The molecule has 0 atom stereocenters. The number of nitrogens with zero attached hydrogens (tertiary/aromatic N) is 1. The number of benzene rings is 1. The average molecular weight is 286 g/mol. The van der Waals surface area contributed by atoms with Gasteiger partial charge < -0.3 is 0 Å². The van der Waals surface area contributed by atoms with E-state index in [1.165, 1.54) is 18.3 Å². The van der Waals surface area contributed by atoms with Crippen LogP contribution in [-0.4, -0.2) is 10.8 Å². The normalized spacial score (nSPS) is 10.6. The van der Waals surface area contributed by atoms with Crippen LogP contribution in [0.3, 0.4) is 0 Å². The van der Waals surface area contributed by atoms with Crippen molar-refractivity contribution >= 4 is 40.3 Å². The first-order valence-electron chi connectivity index (χ1n) is 4.93. The van der Waals surface area contributed by atoms with E-state index in [-0.39, 0.29) is 5.78 Å². The predicted octanol–water partition coefficient (Wildman–Crippen LogP) is 4.63. The number of halogens is 2. The molecule has 0 aliphatic rings. The van der Waals surface area contributed by atoms with E-state index in [1.807, 2.05) is 13.0 Å². The Morgan fingerprint density at radius 2 is 2.06 bits per heavy atom. The number of rotatable bonds is 2. The summed E-state index contributed by atoms with van der Waals surface area (Å²) in [5.74, 6) is 0.0244. The SMILES string of the molecule is CC(=O)c1sc(-c2ccc(Cl)cc2Cl)nc1C. The van der Waals surface area contributed by atoms with Gasteiger partial charge in [0.25, 0.3) is 0 Å². The fraction of sp³-hybridized carbons (Fsp3) is 0.167. The highest BCUT2D eigenvalue weighted by atomic mass is 35.5. The number of thiazole rings is 1. The summed E-state index contributed by atoms with van der Waals surface area (Å²) in [6.07, 6.45) is 0. The van der Waals surface area contributed by atoms with Crippen LogP contribution in [0.2, 0.25) is 10.0 Å². The van der Waals surface area contributed by atoms with Crippen molar-refractivity contribution < 1.29 is 4.79 Å². The smallest absolute Gasteiger partial charge is 0.171 e. The van der Waals surface area contributed by atoms with Crippen LogP contribution in [0, 0.1) is 6.92 Å². The minimum atomic E-state index is 0.0244. The maximum absolute atomic E-state index is 11.4. The highest BCUT2D eigenvalue weighted by Gasteiger charge is 2.14. The molecule has 1 heterocycles. The van der Waals surface area contributed by atoms with Gasteiger partial charge in [-0.2, -0.15) is 0 Å². The molecule has 2 aromatic rings. The Bertz CT molecular complexity index is 592. The minimum Gasteiger partial charge on any atom is -0.294 e. The molecular formula is C12H9Cl2NOS. The lowest BCUT2D eigenvalue weighted by Crippen LogP contribution is -1.89. The van der Waals surface area contributed by atoms with Crippen LogP contribution < -0.4 is 0 Å². The van der Waals surface area contributed by atoms with Gasteiger partial charge in [-0.1, -0.05) is 23.2 Å². The van der Waals surface area contributed by atoms with E-state index in [0.717, 1.165) is 16.3 Å². The molecule has 0 aliphatic heterocycles. The van der Waals surface area contributed by atoms with Crippen molar-refractivity contribution in [2.75, 3.05) is 0 Å². The number of hydrogen-bond donors (Lipinski definition) is 0. The molecule has 88 valence electrons. The van der Waals surface area contributed by atoms with E-state index in [0.29, 0.717) is 14.9 Å². The van der Waals surface area contributed by atoms with Crippen molar-refractivity contribution in [2.45, 2.75) is 13.8 Å². The Labute approximate surface area is 113 Å². The third-order valence-corrected chi connectivity index (χ3v) is 4.12. The Hall–Kier alpha value is -0.900. The first kappa shape index (κ1) is 12.6. The van der Waals surface area contributed by atoms with Crippen LogP contribution in [0.15, 0.2) is 18.2 Å². The summed E-state index contributed by atoms with van der Waals surface area (Å²) in [5.41, 5.74) is 1.54. The molecule has 0 unspecified atom stereocenters. The molecule has 0 saturated carbocycles. The molecule has 0 fully saturated rings. The monoisotopic (exact) mass is 285 g/mol. The third kappa shape index (κ3) is 2.51. The summed E-state index contributed by atoms with van der Waals surface area (Å²) >= 11 is 13.3. The van der Waals surface area contributed by atoms with Crippen molar-refractivity contribution in [1.82, 2.24) is 4.98 Å². The molecule has 2 nitrogen and oxygen atoms in total. The van der Waals surface area contributed by atoms with Gasteiger partial charge in [0.2, 0.25) is 0 Å². The molecule has 0 N–H and O–H groups in total. The Morgan fingerprint density at radius 1 is 1.35 bits per heavy atom. The summed E-state index contributed by atoms with van der Waals surface area (Å²) in [7, 11) is 0. The van der Waals surface area contributed by atoms with Crippen LogP contribution in [0.4, 0.5) is 0 Å². The number of aryl methyl sites for hydroxylation is 1. The molecule has 1 aromatic heterocycles. The Morgan fingerprint density at radius 3 is 2.59 bits per heavy atom. The van der Waals surface area contributed by atoms with Gasteiger partial charge in [0.15, 0.2) is 5.78 Å². The fourth-order valence-electron chi connectivity index (χ4n) is 1.50. The Balaban J connectivity index is 2.53. The molecule has 0 aliphatic carbocycles. The zero-order chi connectivity index (χ0) is 12.6. The lowest BCUT2D eigenvalue weighted by molar-refractivity contribution is 0.102. The largest absolute Gasteiger partial charge is 0.294 e. The third-order valence-electron chi connectivity index (χ3n) is 2.28. The lowest BCUT2D eigenvalue weighted by atomic mass is 10.2. The Kier molecular flexibility index (Phi) is 3.52. The second-order valence-corrected chi connectivity index (χ2v) is 5.46. The zero-order valence-corrected chi connectivity index (χ0v) is 11.6. The molecule has 0 amide bonds. The summed E-state index contributed by atoms with van der Waals surface area (Å²) in [6.45, 7) is 3.36. The molecule has 5 heteroatoms. The fourth-order valence-corrected chi connectivity index (χ4v) is 3.06. The van der Waals surface area contributed by atoms with E-state index in [4.69, 9.17) is 23.2 Å². The predicted molar refractivity (Wildman–Crippen MR) is 72.3 cm³/mol. The molecular weight excluding hydrogens is 277 g/mol. The van der Waals surface area contributed by atoms with Crippen LogP contribution in [0.5, 0.6) is 0 Å². The quantitative estimate of drug-likeness (QED) is 0.753. The number of Topliss-reactive ketones (excluding diaryl/α,β-unsaturated/α-hetero) is 1. The van der Waals surface area contributed by atoms with Gasteiger partial charge >= 0.3 is 0 Å². The van der Waals surface area contributed by atoms with Gasteiger partial charge in [0.1, 0.15) is 5.01 Å². The van der Waals surface area contributed by atoms with Gasteiger partial charge in [-0.25, -0.2) is 4.98 Å². The van der Waals surface area contributed by atoms with Crippen LogP contribution in [0.25, 0.3) is 10.6 Å². The summed E-state index contributed by atoms with van der Waals surface area (Å²) in [4.78, 5) is 16.4. The van der Waals surface area contributed by atoms with E-state index in [1.54, 1.807) is 12.1 Å². The van der Waals surface area contributed by atoms with Gasteiger partial charge in [-0.3, -0.25) is 4.79 Å². The molecule has 0 radical (unpaired) electrons. The second-order valence-electron chi connectivity index (χ2n) is 3.61. The molecule has 0 bridgehead atoms. The molecule has 1 aromatic carbocycles. The zero-order valence-electron chi connectivity index (χ0n) is 9.25. The molecule has 0 saturated heterocycles. The first-order valence-corrected chi connectivity index (χ1v) is 6.50. The average Bonchev–Trinajstić information content (AvgIpc) is 2.60. The number of hydrogen-bond acceptors (Lipinski definition) is 3. The standard InChI is InChI=1S/C12H9Cl2NOS/c1-6-11(7(2)16)17-12(15-6)9-4-3-8(13)5-10(9)14/h3-5H,1-2H3. The maximum Gasteiger partial charge on any atom is 0.171 e. The number of ketones is 1. The van der Waals surface area contributed by atoms with Gasteiger partial charge in [-0.15, -0.1) is 11.3 Å². The van der Waals surface area contributed by atoms with Gasteiger partial charge in [0.05, 0.1) is 15.6 Å². The molecule has 17 heavy (non-hydrogen) atoms. The highest BCUT2D eigenvalue weighted by Crippen LogP contribution is 2.34. The van der Waals surface area contributed by atoms with E-state index in [2.05, 4.69) is 4.98 Å². The van der Waals surface area contributed by atoms with Gasteiger partial charge in [0, 0.05) is 17.5 Å². The van der Waals surface area contributed by atoms with Crippen molar-refractivity contribution in [3.8, 4) is 10.6 Å². The van der Waals surface area contributed by atoms with Crippen molar-refractivity contribution in [2.24, 2.45) is 0 Å². The van der Waals surface area contributed by atoms with E-state index in [9.17, 15) is 4.79 Å². The lowest BCUT2D eigenvalue weighted by Gasteiger charge is -1.99. The summed E-state index contributed by atoms with van der Waals surface area (Å²) in [6, 6.07) is 5.24. The van der Waals surface area contributed by atoms with Crippen LogP contribution in [0.1, 0.15) is 22.3 Å².